The fourth-order valence-corrected chi connectivity index (χ4v) is 2.68. The zero-order chi connectivity index (χ0) is 11.9. The Bertz CT molecular complexity index is 363. The smallest absolute Gasteiger partial charge is 0.233 e. The van der Waals surface area contributed by atoms with Crippen LogP contribution in [0.4, 0.5) is 0 Å². The van der Waals surface area contributed by atoms with Crippen molar-refractivity contribution in [3.05, 3.63) is 0 Å². The normalized spacial score (nSPS) is 32.4. The number of piperidine rings is 1. The minimum atomic E-state index is -0.963. The van der Waals surface area contributed by atoms with Crippen LogP contribution in [0.3, 0.4) is 0 Å². The second-order valence-corrected chi connectivity index (χ2v) is 4.96. The third-order valence-electron chi connectivity index (χ3n) is 3.99. The number of rotatable bonds is 2. The zero-order valence-electron chi connectivity index (χ0n) is 9.69. The largest absolute Gasteiger partial charge is 0.274 e. The number of hydrogen-bond acceptors (Lipinski definition) is 3. The van der Waals surface area contributed by atoms with E-state index in [1.54, 1.807) is 6.92 Å². The van der Waals surface area contributed by atoms with E-state index in [0.717, 1.165) is 12.8 Å². The van der Waals surface area contributed by atoms with Crippen LogP contribution >= 0.6 is 0 Å². The number of amides is 2. The van der Waals surface area contributed by atoms with Crippen molar-refractivity contribution in [2.24, 2.45) is 11.8 Å². The van der Waals surface area contributed by atoms with Crippen LogP contribution in [-0.4, -0.2) is 22.3 Å². The lowest BCUT2D eigenvalue weighted by Crippen LogP contribution is -2.57. The van der Waals surface area contributed by atoms with E-state index in [0.29, 0.717) is 12.8 Å². The van der Waals surface area contributed by atoms with Crippen molar-refractivity contribution in [3.63, 3.8) is 0 Å². The Morgan fingerprint density at radius 3 is 2.25 bits per heavy atom. The molecule has 0 aromatic heterocycles. The molecule has 4 heteroatoms. The molecule has 86 valence electrons. The standard InChI is InChI=1S/C12H16N2O2/c1-3-12(2,7-13)14-10(15)8-4-5-9(6-8)11(14)16/h8-9H,3-6H2,1-2H3. The van der Waals surface area contributed by atoms with Crippen molar-refractivity contribution < 1.29 is 9.59 Å². The monoisotopic (exact) mass is 220 g/mol. The van der Waals surface area contributed by atoms with E-state index < -0.39 is 5.54 Å². The first-order valence-corrected chi connectivity index (χ1v) is 5.82. The highest BCUT2D eigenvalue weighted by Gasteiger charge is 2.51. The first-order valence-electron chi connectivity index (χ1n) is 5.82. The first-order chi connectivity index (χ1) is 7.53. The molecule has 2 rings (SSSR count). The molecule has 2 amide bonds. The summed E-state index contributed by atoms with van der Waals surface area (Å²) < 4.78 is 0. The molecular formula is C12H16N2O2. The van der Waals surface area contributed by atoms with Gasteiger partial charge in [0.2, 0.25) is 11.8 Å². The summed E-state index contributed by atoms with van der Waals surface area (Å²) in [6.45, 7) is 3.51. The van der Waals surface area contributed by atoms with Crippen molar-refractivity contribution >= 4 is 11.8 Å². The van der Waals surface area contributed by atoms with Gasteiger partial charge in [-0.05, 0) is 32.6 Å². The molecule has 2 bridgehead atoms. The van der Waals surface area contributed by atoms with E-state index in [2.05, 4.69) is 6.07 Å². The predicted octanol–water partition coefficient (Wildman–Crippen LogP) is 1.46. The van der Waals surface area contributed by atoms with Crippen molar-refractivity contribution in [2.45, 2.75) is 45.1 Å². The summed E-state index contributed by atoms with van der Waals surface area (Å²) in [5.41, 5.74) is -0.963. The van der Waals surface area contributed by atoms with Crippen LogP contribution in [0.15, 0.2) is 0 Å². The summed E-state index contributed by atoms with van der Waals surface area (Å²) in [5, 5.41) is 9.17. The fourth-order valence-electron chi connectivity index (χ4n) is 2.68. The third kappa shape index (κ3) is 1.35. The molecule has 0 radical (unpaired) electrons. The topological polar surface area (TPSA) is 61.2 Å². The predicted molar refractivity (Wildman–Crippen MR) is 57.0 cm³/mol. The van der Waals surface area contributed by atoms with E-state index in [1.807, 2.05) is 6.92 Å². The molecule has 0 aromatic carbocycles. The molecular weight excluding hydrogens is 204 g/mol. The summed E-state index contributed by atoms with van der Waals surface area (Å²) >= 11 is 0. The van der Waals surface area contributed by atoms with Crippen LogP contribution in [0.25, 0.3) is 0 Å². The molecule has 0 N–H and O–H groups in total. The van der Waals surface area contributed by atoms with Crippen LogP contribution in [0, 0.1) is 23.2 Å². The summed E-state index contributed by atoms with van der Waals surface area (Å²) in [6.07, 6.45) is 2.79. The van der Waals surface area contributed by atoms with Crippen molar-refractivity contribution in [3.8, 4) is 6.07 Å². The molecule has 1 saturated carbocycles. The summed E-state index contributed by atoms with van der Waals surface area (Å²) in [7, 11) is 0. The Balaban J connectivity index is 2.37. The van der Waals surface area contributed by atoms with E-state index >= 15 is 0 Å². The Labute approximate surface area is 95.2 Å². The molecule has 16 heavy (non-hydrogen) atoms. The third-order valence-corrected chi connectivity index (χ3v) is 3.99. The molecule has 1 saturated heterocycles. The molecule has 2 aliphatic rings. The van der Waals surface area contributed by atoms with Gasteiger partial charge in [-0.15, -0.1) is 0 Å². The van der Waals surface area contributed by atoms with Gasteiger partial charge < -0.3 is 0 Å². The number of hydrogen-bond donors (Lipinski definition) is 0. The van der Waals surface area contributed by atoms with Crippen molar-refractivity contribution in [2.75, 3.05) is 0 Å². The lowest BCUT2D eigenvalue weighted by atomic mass is 9.89. The maximum atomic E-state index is 12.1. The molecule has 3 atom stereocenters. The summed E-state index contributed by atoms with van der Waals surface area (Å²) in [5.74, 6) is -0.321. The Morgan fingerprint density at radius 1 is 1.38 bits per heavy atom. The lowest BCUT2D eigenvalue weighted by molar-refractivity contribution is -0.158. The van der Waals surface area contributed by atoms with Crippen LogP contribution in [0.2, 0.25) is 0 Å². The lowest BCUT2D eigenvalue weighted by Gasteiger charge is -2.38. The summed E-state index contributed by atoms with van der Waals surface area (Å²) in [6, 6.07) is 2.11. The second-order valence-electron chi connectivity index (χ2n) is 4.96. The SMILES string of the molecule is CCC(C)(C#N)N1C(=O)C2CCC(C2)C1=O. The molecule has 2 fully saturated rings. The number of nitriles is 1. The first kappa shape index (κ1) is 11.1. The zero-order valence-corrected chi connectivity index (χ0v) is 9.69. The number of likely N-dealkylation sites (tertiary alicyclic amines) is 1. The maximum Gasteiger partial charge on any atom is 0.233 e. The van der Waals surface area contributed by atoms with Crippen LogP contribution < -0.4 is 0 Å². The van der Waals surface area contributed by atoms with Gasteiger partial charge in [0.15, 0.2) is 0 Å². The Hall–Kier alpha value is -1.37. The molecule has 0 aromatic rings. The fraction of sp³-hybridized carbons (Fsp3) is 0.750. The van der Waals surface area contributed by atoms with Gasteiger partial charge in [0, 0.05) is 11.8 Å². The number of nitrogens with zero attached hydrogens (tertiary/aromatic N) is 2. The second kappa shape index (κ2) is 3.58. The van der Waals surface area contributed by atoms with Crippen LogP contribution in [0.5, 0.6) is 0 Å². The number of carbonyl (C=O) groups is 2. The highest BCUT2D eigenvalue weighted by Crippen LogP contribution is 2.41. The van der Waals surface area contributed by atoms with Gasteiger partial charge in [-0.3, -0.25) is 14.5 Å². The van der Waals surface area contributed by atoms with Crippen molar-refractivity contribution in [1.29, 1.82) is 5.26 Å². The summed E-state index contributed by atoms with van der Waals surface area (Å²) in [4.78, 5) is 25.5. The minimum Gasteiger partial charge on any atom is -0.274 e. The average Bonchev–Trinajstić information content (AvgIpc) is 2.73. The van der Waals surface area contributed by atoms with E-state index in [1.165, 1.54) is 4.90 Å². The van der Waals surface area contributed by atoms with Crippen LogP contribution in [-0.2, 0) is 9.59 Å². The molecule has 0 spiro atoms. The maximum absolute atomic E-state index is 12.1. The number of carbonyl (C=O) groups excluding carboxylic acids is 2. The van der Waals surface area contributed by atoms with Gasteiger partial charge in [0.1, 0.15) is 5.54 Å². The van der Waals surface area contributed by atoms with E-state index in [9.17, 15) is 9.59 Å². The highest BCUT2D eigenvalue weighted by molar-refractivity contribution is 6.02. The molecule has 4 nitrogen and oxygen atoms in total. The van der Waals surface area contributed by atoms with Crippen LogP contribution in [0.1, 0.15) is 39.5 Å². The quantitative estimate of drug-likeness (QED) is 0.662. The van der Waals surface area contributed by atoms with Gasteiger partial charge in [0.05, 0.1) is 6.07 Å². The average molecular weight is 220 g/mol. The van der Waals surface area contributed by atoms with Gasteiger partial charge in [-0.2, -0.15) is 5.26 Å². The Kier molecular flexibility index (Phi) is 2.49. The minimum absolute atomic E-state index is 0.0260. The van der Waals surface area contributed by atoms with E-state index in [-0.39, 0.29) is 23.7 Å². The Morgan fingerprint density at radius 2 is 1.88 bits per heavy atom. The molecule has 1 heterocycles. The van der Waals surface area contributed by atoms with Gasteiger partial charge in [-0.1, -0.05) is 6.92 Å². The van der Waals surface area contributed by atoms with Gasteiger partial charge in [-0.25, -0.2) is 0 Å². The molecule has 3 unspecified atom stereocenters. The van der Waals surface area contributed by atoms with E-state index in [4.69, 9.17) is 5.26 Å². The van der Waals surface area contributed by atoms with Gasteiger partial charge in [0.25, 0.3) is 0 Å². The van der Waals surface area contributed by atoms with Crippen molar-refractivity contribution in [1.82, 2.24) is 4.90 Å². The number of imide groups is 1. The number of fused-ring (bicyclic) bond motifs is 2. The molecule has 1 aliphatic heterocycles. The highest BCUT2D eigenvalue weighted by atomic mass is 16.2. The van der Waals surface area contributed by atoms with Gasteiger partial charge >= 0.3 is 0 Å². The molecule has 1 aliphatic carbocycles.